The number of hydrogen-bond donors (Lipinski definition) is 0. The second-order valence-corrected chi connectivity index (χ2v) is 2.73. The minimum Gasteiger partial charge on any atom is -0.295 e. The molecule has 0 aliphatic rings. The maximum absolute atomic E-state index is 12.9. The molecule has 0 heterocycles. The van der Waals surface area contributed by atoms with Crippen LogP contribution in [-0.4, -0.2) is 5.78 Å². The van der Waals surface area contributed by atoms with Gasteiger partial charge in [-0.15, -0.1) is 0 Å². The summed E-state index contributed by atoms with van der Waals surface area (Å²) in [6, 6.07) is 1.12. The van der Waals surface area contributed by atoms with Crippen molar-refractivity contribution in [3.8, 4) is 0 Å². The van der Waals surface area contributed by atoms with E-state index in [0.29, 0.717) is 12.1 Å². The summed E-state index contributed by atoms with van der Waals surface area (Å²) in [4.78, 5) is 10.5. The van der Waals surface area contributed by atoms with Crippen molar-refractivity contribution in [2.75, 3.05) is 0 Å². The normalized spacial score (nSPS) is 10.9. The molecule has 0 aliphatic carbocycles. The van der Waals surface area contributed by atoms with Gasteiger partial charge in [0.25, 0.3) is 0 Å². The molecular weight excluding hydrogens is 193 g/mol. The van der Waals surface area contributed by atoms with Gasteiger partial charge in [-0.2, -0.15) is 0 Å². The summed E-state index contributed by atoms with van der Waals surface area (Å²) in [5.74, 6) is -3.38. The van der Waals surface area contributed by atoms with E-state index in [4.69, 9.17) is 0 Å². The maximum atomic E-state index is 12.9. The molecule has 0 bridgehead atoms. The summed E-state index contributed by atoms with van der Waals surface area (Å²) in [6.07, 6.45) is 1.99. The molecule has 0 saturated carbocycles. The largest absolute Gasteiger partial charge is 0.295 e. The van der Waals surface area contributed by atoms with Crippen LogP contribution >= 0.6 is 0 Å². The molecule has 1 nitrogen and oxygen atoms in total. The summed E-state index contributed by atoms with van der Waals surface area (Å²) in [7, 11) is 0. The Labute approximate surface area is 78.9 Å². The van der Waals surface area contributed by atoms with Gasteiger partial charge in [0, 0.05) is 17.7 Å². The molecule has 74 valence electrons. The van der Waals surface area contributed by atoms with Crippen LogP contribution < -0.4 is 0 Å². The Morgan fingerprint density at radius 3 is 2.14 bits per heavy atom. The van der Waals surface area contributed by atoms with Crippen LogP contribution in [0.5, 0.6) is 0 Å². The first-order chi connectivity index (χ1) is 6.50. The molecule has 4 heteroatoms. The van der Waals surface area contributed by atoms with E-state index in [-0.39, 0.29) is 5.78 Å². The number of benzene rings is 1. The second kappa shape index (κ2) is 4.09. The summed E-state index contributed by atoms with van der Waals surface area (Å²) in [5, 5.41) is 0. The summed E-state index contributed by atoms with van der Waals surface area (Å²) in [5.41, 5.74) is -0.415. The molecule has 0 spiro atoms. The smallest absolute Gasteiger partial charge is 0.152 e. The van der Waals surface area contributed by atoms with Crippen LogP contribution in [0.3, 0.4) is 0 Å². The lowest BCUT2D eigenvalue weighted by Crippen LogP contribution is -1.92. The fourth-order valence-corrected chi connectivity index (χ4v) is 0.913. The molecule has 0 unspecified atom stereocenters. The van der Waals surface area contributed by atoms with E-state index in [1.807, 2.05) is 0 Å². The highest BCUT2D eigenvalue weighted by molar-refractivity contribution is 5.91. The monoisotopic (exact) mass is 200 g/mol. The van der Waals surface area contributed by atoms with E-state index in [1.54, 1.807) is 0 Å². The van der Waals surface area contributed by atoms with Crippen LogP contribution in [0.1, 0.15) is 12.5 Å². The van der Waals surface area contributed by atoms with Crippen molar-refractivity contribution < 1.29 is 18.0 Å². The molecule has 0 fully saturated rings. The van der Waals surface area contributed by atoms with E-state index < -0.39 is 23.0 Å². The molecule has 1 aromatic carbocycles. The number of carbonyl (C=O) groups excluding carboxylic acids is 1. The first kappa shape index (κ1) is 10.5. The lowest BCUT2D eigenvalue weighted by atomic mass is 10.1. The Hall–Kier alpha value is -1.58. The molecule has 0 N–H and O–H groups in total. The molecular formula is C10H7F3O. The summed E-state index contributed by atoms with van der Waals surface area (Å²) in [6.45, 7) is 1.25. The average molecular weight is 200 g/mol. The quantitative estimate of drug-likeness (QED) is 0.671. The van der Waals surface area contributed by atoms with Gasteiger partial charge in [0.05, 0.1) is 0 Å². The van der Waals surface area contributed by atoms with Crippen LogP contribution in [0, 0.1) is 17.5 Å². The lowest BCUT2D eigenvalue weighted by Gasteiger charge is -1.98. The third kappa shape index (κ3) is 2.45. The van der Waals surface area contributed by atoms with E-state index in [0.717, 1.165) is 12.2 Å². The Balaban J connectivity index is 3.15. The third-order valence-electron chi connectivity index (χ3n) is 1.53. The molecule has 0 radical (unpaired) electrons. The highest BCUT2D eigenvalue weighted by Gasteiger charge is 2.08. The van der Waals surface area contributed by atoms with Gasteiger partial charge in [0.1, 0.15) is 17.5 Å². The Bertz CT molecular complexity index is 373. The summed E-state index contributed by atoms with van der Waals surface area (Å²) < 4.78 is 38.3. The van der Waals surface area contributed by atoms with E-state index in [9.17, 15) is 18.0 Å². The standard InChI is InChI=1S/C10H7F3O/c1-6(14)2-3-8-9(12)4-7(11)5-10(8)13/h2-5H,1H3/b3-2+. The fourth-order valence-electron chi connectivity index (χ4n) is 0.913. The van der Waals surface area contributed by atoms with Gasteiger partial charge in [-0.25, -0.2) is 13.2 Å². The van der Waals surface area contributed by atoms with Gasteiger partial charge in [-0.3, -0.25) is 4.79 Å². The number of carbonyl (C=O) groups is 1. The highest BCUT2D eigenvalue weighted by Crippen LogP contribution is 2.15. The minimum absolute atomic E-state index is 0.340. The zero-order valence-corrected chi connectivity index (χ0v) is 7.35. The van der Waals surface area contributed by atoms with Crippen molar-refractivity contribution >= 4 is 11.9 Å². The Kier molecular flexibility index (Phi) is 3.06. The molecule has 1 rings (SSSR count). The fraction of sp³-hybridized carbons (Fsp3) is 0.100. The molecule has 0 aromatic heterocycles. The van der Waals surface area contributed by atoms with Crippen molar-refractivity contribution in [2.24, 2.45) is 0 Å². The van der Waals surface area contributed by atoms with Gasteiger partial charge in [0.15, 0.2) is 5.78 Å². The van der Waals surface area contributed by atoms with Gasteiger partial charge < -0.3 is 0 Å². The van der Waals surface area contributed by atoms with Crippen LogP contribution in [0.2, 0.25) is 0 Å². The van der Waals surface area contributed by atoms with E-state index in [1.165, 1.54) is 6.92 Å². The lowest BCUT2D eigenvalue weighted by molar-refractivity contribution is -0.112. The minimum atomic E-state index is -1.03. The maximum Gasteiger partial charge on any atom is 0.152 e. The number of allylic oxidation sites excluding steroid dienone is 1. The highest BCUT2D eigenvalue weighted by atomic mass is 19.1. The zero-order chi connectivity index (χ0) is 10.7. The first-order valence-electron chi connectivity index (χ1n) is 3.84. The van der Waals surface area contributed by atoms with Gasteiger partial charge >= 0.3 is 0 Å². The van der Waals surface area contributed by atoms with Crippen molar-refractivity contribution in [1.82, 2.24) is 0 Å². The van der Waals surface area contributed by atoms with Gasteiger partial charge in [-0.05, 0) is 19.1 Å². The molecule has 0 saturated heterocycles. The topological polar surface area (TPSA) is 17.1 Å². The van der Waals surface area contributed by atoms with Crippen molar-refractivity contribution in [3.05, 3.63) is 41.2 Å². The van der Waals surface area contributed by atoms with E-state index >= 15 is 0 Å². The first-order valence-corrected chi connectivity index (χ1v) is 3.84. The molecule has 14 heavy (non-hydrogen) atoms. The number of rotatable bonds is 2. The Morgan fingerprint density at radius 2 is 1.71 bits per heavy atom. The molecule has 1 aromatic rings. The van der Waals surface area contributed by atoms with E-state index in [2.05, 4.69) is 0 Å². The van der Waals surface area contributed by atoms with Crippen molar-refractivity contribution in [2.45, 2.75) is 6.92 Å². The van der Waals surface area contributed by atoms with Crippen LogP contribution in [0.4, 0.5) is 13.2 Å². The summed E-state index contributed by atoms with van der Waals surface area (Å²) >= 11 is 0. The zero-order valence-electron chi connectivity index (χ0n) is 7.35. The van der Waals surface area contributed by atoms with Crippen LogP contribution in [-0.2, 0) is 4.79 Å². The molecule has 0 amide bonds. The SMILES string of the molecule is CC(=O)/C=C/c1c(F)cc(F)cc1F. The number of halogens is 3. The molecule has 0 aliphatic heterocycles. The van der Waals surface area contributed by atoms with Crippen molar-refractivity contribution in [3.63, 3.8) is 0 Å². The predicted molar refractivity (Wildman–Crippen MR) is 46.0 cm³/mol. The predicted octanol–water partition coefficient (Wildman–Crippen LogP) is 2.71. The molecule has 0 atom stereocenters. The van der Waals surface area contributed by atoms with Crippen molar-refractivity contribution in [1.29, 1.82) is 0 Å². The number of hydrogen-bond acceptors (Lipinski definition) is 1. The average Bonchev–Trinajstić information content (AvgIpc) is 2.01. The van der Waals surface area contributed by atoms with Gasteiger partial charge in [0.2, 0.25) is 0 Å². The second-order valence-electron chi connectivity index (χ2n) is 2.73. The van der Waals surface area contributed by atoms with Crippen LogP contribution in [0.25, 0.3) is 6.08 Å². The van der Waals surface area contributed by atoms with Gasteiger partial charge in [-0.1, -0.05) is 0 Å². The number of ketones is 1. The van der Waals surface area contributed by atoms with Crippen LogP contribution in [0.15, 0.2) is 18.2 Å². The third-order valence-corrected chi connectivity index (χ3v) is 1.53. The Morgan fingerprint density at radius 1 is 1.21 bits per heavy atom.